The zero-order valence-corrected chi connectivity index (χ0v) is 13.7. The summed E-state index contributed by atoms with van der Waals surface area (Å²) in [7, 11) is 1.87. The Kier molecular flexibility index (Phi) is 4.60. The Hall–Kier alpha value is -1.20. The number of aromatic nitrogens is 2. The molecule has 0 fully saturated rings. The summed E-state index contributed by atoms with van der Waals surface area (Å²) in [6, 6.07) is 5.01. The summed E-state index contributed by atoms with van der Waals surface area (Å²) in [5.74, 6) is -0.224. The molecule has 1 aromatic carbocycles. The van der Waals surface area contributed by atoms with E-state index in [9.17, 15) is 4.39 Å². The van der Waals surface area contributed by atoms with Crippen LogP contribution in [0, 0.1) is 12.7 Å². The van der Waals surface area contributed by atoms with Gasteiger partial charge in [0.15, 0.2) is 0 Å². The third kappa shape index (κ3) is 2.79. The van der Waals surface area contributed by atoms with E-state index in [1.165, 1.54) is 6.07 Å². The van der Waals surface area contributed by atoms with Crippen molar-refractivity contribution in [1.29, 1.82) is 0 Å². The molecule has 2 aromatic rings. The highest BCUT2D eigenvalue weighted by Crippen LogP contribution is 2.32. The molecule has 20 heavy (non-hydrogen) atoms. The molecule has 2 rings (SSSR count). The molecule has 0 bridgehead atoms. The minimum Gasteiger partial charge on any atom is -0.308 e. The summed E-state index contributed by atoms with van der Waals surface area (Å²) in [5.41, 5.74) is 2.99. The molecule has 0 aliphatic heterocycles. The Bertz CT molecular complexity index is 607. The lowest BCUT2D eigenvalue weighted by atomic mass is 9.98. The van der Waals surface area contributed by atoms with Crippen LogP contribution in [0.3, 0.4) is 0 Å². The number of nitrogens with zero attached hydrogens (tertiary/aromatic N) is 2. The van der Waals surface area contributed by atoms with Gasteiger partial charge in [-0.2, -0.15) is 5.10 Å². The minimum absolute atomic E-state index is 0.107. The van der Waals surface area contributed by atoms with Gasteiger partial charge in [0.1, 0.15) is 5.82 Å². The van der Waals surface area contributed by atoms with Crippen LogP contribution in [0.4, 0.5) is 4.39 Å². The molecule has 3 nitrogen and oxygen atoms in total. The third-order valence-electron chi connectivity index (χ3n) is 3.39. The molecule has 0 saturated heterocycles. The highest BCUT2D eigenvalue weighted by atomic mass is 79.9. The molecule has 0 saturated carbocycles. The van der Waals surface area contributed by atoms with Crippen LogP contribution >= 0.6 is 15.9 Å². The van der Waals surface area contributed by atoms with Crippen molar-refractivity contribution in [3.63, 3.8) is 0 Å². The van der Waals surface area contributed by atoms with Crippen LogP contribution in [0.1, 0.15) is 42.8 Å². The molecule has 0 amide bonds. The summed E-state index contributed by atoms with van der Waals surface area (Å²) < 4.78 is 16.5. The Morgan fingerprint density at radius 2 is 2.05 bits per heavy atom. The van der Waals surface area contributed by atoms with E-state index in [1.807, 2.05) is 18.7 Å². The molecule has 0 aliphatic rings. The summed E-state index contributed by atoms with van der Waals surface area (Å²) in [4.78, 5) is 0. The molecular formula is C15H19BrFN3. The zero-order valence-electron chi connectivity index (χ0n) is 12.1. The summed E-state index contributed by atoms with van der Waals surface area (Å²) >= 11 is 3.55. The highest BCUT2D eigenvalue weighted by molar-refractivity contribution is 9.10. The summed E-state index contributed by atoms with van der Waals surface area (Å²) in [6.07, 6.45) is 1.79. The quantitative estimate of drug-likeness (QED) is 0.912. The van der Waals surface area contributed by atoms with Gasteiger partial charge in [-0.3, -0.25) is 4.68 Å². The van der Waals surface area contributed by atoms with E-state index in [2.05, 4.69) is 40.2 Å². The fourth-order valence-electron chi connectivity index (χ4n) is 2.39. The number of halogens is 2. The van der Waals surface area contributed by atoms with E-state index < -0.39 is 0 Å². The first-order chi connectivity index (χ1) is 9.45. The maximum Gasteiger partial charge on any atom is 0.123 e. The molecule has 0 aliphatic carbocycles. The van der Waals surface area contributed by atoms with Gasteiger partial charge in [-0.05, 0) is 67.0 Å². The van der Waals surface area contributed by atoms with Crippen molar-refractivity contribution >= 4 is 15.9 Å². The SMILES string of the molecule is CNC(c1cc(F)ccc1C)c1c(Br)cnn1C(C)C. The number of aryl methyl sites for hydroxylation is 1. The van der Waals surface area contributed by atoms with Crippen molar-refractivity contribution in [2.75, 3.05) is 7.05 Å². The van der Waals surface area contributed by atoms with Crippen molar-refractivity contribution in [3.05, 3.63) is 51.5 Å². The second-order valence-electron chi connectivity index (χ2n) is 5.14. The van der Waals surface area contributed by atoms with Crippen LogP contribution in [0.5, 0.6) is 0 Å². The van der Waals surface area contributed by atoms with E-state index >= 15 is 0 Å². The van der Waals surface area contributed by atoms with E-state index in [1.54, 1.807) is 18.3 Å². The van der Waals surface area contributed by atoms with Gasteiger partial charge >= 0.3 is 0 Å². The Morgan fingerprint density at radius 3 is 2.65 bits per heavy atom. The van der Waals surface area contributed by atoms with E-state index in [4.69, 9.17) is 0 Å². The van der Waals surface area contributed by atoms with Crippen LogP contribution in [-0.2, 0) is 0 Å². The fraction of sp³-hybridized carbons (Fsp3) is 0.400. The monoisotopic (exact) mass is 339 g/mol. The second-order valence-corrected chi connectivity index (χ2v) is 5.99. The molecule has 5 heteroatoms. The molecule has 1 unspecified atom stereocenters. The molecule has 0 radical (unpaired) electrons. The van der Waals surface area contributed by atoms with Gasteiger partial charge in [0, 0.05) is 6.04 Å². The van der Waals surface area contributed by atoms with Crippen LogP contribution in [-0.4, -0.2) is 16.8 Å². The fourth-order valence-corrected chi connectivity index (χ4v) is 2.90. The smallest absolute Gasteiger partial charge is 0.123 e. The standard InChI is InChI=1S/C15H19BrFN3/c1-9(2)20-15(13(16)8-19-20)14(18-4)12-7-11(17)6-5-10(12)3/h5-9,14,18H,1-4H3. The lowest BCUT2D eigenvalue weighted by Gasteiger charge is -2.22. The van der Waals surface area contributed by atoms with E-state index in [0.717, 1.165) is 21.3 Å². The first-order valence-electron chi connectivity index (χ1n) is 6.62. The highest BCUT2D eigenvalue weighted by Gasteiger charge is 2.23. The van der Waals surface area contributed by atoms with Gasteiger partial charge in [0.2, 0.25) is 0 Å². The summed E-state index contributed by atoms with van der Waals surface area (Å²) in [5, 5.41) is 7.67. The third-order valence-corrected chi connectivity index (χ3v) is 4.00. The average Bonchev–Trinajstić information content (AvgIpc) is 2.77. The topological polar surface area (TPSA) is 29.9 Å². The predicted molar refractivity (Wildman–Crippen MR) is 82.4 cm³/mol. The number of benzene rings is 1. The molecule has 1 heterocycles. The molecule has 108 valence electrons. The van der Waals surface area contributed by atoms with Gasteiger partial charge in [0.25, 0.3) is 0 Å². The van der Waals surface area contributed by atoms with Crippen molar-refractivity contribution < 1.29 is 4.39 Å². The lowest BCUT2D eigenvalue weighted by molar-refractivity contribution is 0.481. The second kappa shape index (κ2) is 6.06. The first-order valence-corrected chi connectivity index (χ1v) is 7.41. The van der Waals surface area contributed by atoms with Crippen molar-refractivity contribution in [1.82, 2.24) is 15.1 Å². The van der Waals surface area contributed by atoms with Crippen molar-refractivity contribution in [2.24, 2.45) is 0 Å². The number of hydrogen-bond donors (Lipinski definition) is 1. The Morgan fingerprint density at radius 1 is 1.35 bits per heavy atom. The average molecular weight is 340 g/mol. The lowest BCUT2D eigenvalue weighted by Crippen LogP contribution is -2.23. The first kappa shape index (κ1) is 15.2. The Balaban J connectivity index is 2.58. The van der Waals surface area contributed by atoms with Crippen LogP contribution in [0.15, 0.2) is 28.9 Å². The van der Waals surface area contributed by atoms with Crippen LogP contribution in [0.2, 0.25) is 0 Å². The normalized spacial score (nSPS) is 12.9. The van der Waals surface area contributed by atoms with E-state index in [-0.39, 0.29) is 17.9 Å². The molecule has 1 N–H and O–H groups in total. The van der Waals surface area contributed by atoms with Gasteiger partial charge in [-0.1, -0.05) is 6.07 Å². The van der Waals surface area contributed by atoms with E-state index in [0.29, 0.717) is 0 Å². The van der Waals surface area contributed by atoms with Crippen molar-refractivity contribution in [2.45, 2.75) is 32.9 Å². The number of hydrogen-bond acceptors (Lipinski definition) is 2. The molecule has 0 spiro atoms. The van der Waals surface area contributed by atoms with Crippen LogP contribution in [0.25, 0.3) is 0 Å². The van der Waals surface area contributed by atoms with Gasteiger partial charge in [-0.25, -0.2) is 4.39 Å². The molecule has 1 aromatic heterocycles. The largest absolute Gasteiger partial charge is 0.308 e. The summed E-state index contributed by atoms with van der Waals surface area (Å²) in [6.45, 7) is 6.14. The predicted octanol–water partition coefficient (Wildman–Crippen LogP) is 3.98. The molecular weight excluding hydrogens is 321 g/mol. The Labute approximate surface area is 127 Å². The number of nitrogens with one attached hydrogen (secondary N) is 1. The maximum absolute atomic E-state index is 13.6. The molecule has 1 atom stereocenters. The zero-order chi connectivity index (χ0) is 14.9. The van der Waals surface area contributed by atoms with Crippen LogP contribution < -0.4 is 5.32 Å². The number of rotatable bonds is 4. The minimum atomic E-state index is -0.224. The van der Waals surface area contributed by atoms with Gasteiger partial charge in [-0.15, -0.1) is 0 Å². The van der Waals surface area contributed by atoms with Crippen molar-refractivity contribution in [3.8, 4) is 0 Å². The maximum atomic E-state index is 13.6. The van der Waals surface area contributed by atoms with Gasteiger partial charge < -0.3 is 5.32 Å². The van der Waals surface area contributed by atoms with Gasteiger partial charge in [0.05, 0.1) is 22.4 Å².